The summed E-state index contributed by atoms with van der Waals surface area (Å²) in [5.74, 6) is 0.803. The third-order valence-electron chi connectivity index (χ3n) is 2.91. The van der Waals surface area contributed by atoms with Crippen molar-refractivity contribution >= 4 is 11.6 Å². The minimum Gasteiger partial charge on any atom is -0.494 e. The Morgan fingerprint density at radius 2 is 2.00 bits per heavy atom. The Balaban J connectivity index is 2.82. The molecule has 0 saturated carbocycles. The Morgan fingerprint density at radius 3 is 2.56 bits per heavy atom. The summed E-state index contributed by atoms with van der Waals surface area (Å²) in [6.07, 6.45) is -0.334. The van der Waals surface area contributed by atoms with Crippen molar-refractivity contribution in [2.75, 3.05) is 6.61 Å². The van der Waals surface area contributed by atoms with Crippen LogP contribution in [0.1, 0.15) is 31.4 Å². The molecule has 0 aliphatic rings. The first-order valence-electron chi connectivity index (χ1n) is 6.23. The Morgan fingerprint density at radius 1 is 1.33 bits per heavy atom. The number of halogens is 1. The van der Waals surface area contributed by atoms with E-state index in [2.05, 4.69) is 0 Å². The number of aliphatic hydroxyl groups is 2. The van der Waals surface area contributed by atoms with Gasteiger partial charge in [-0.3, -0.25) is 0 Å². The lowest BCUT2D eigenvalue weighted by Crippen LogP contribution is -2.22. The van der Waals surface area contributed by atoms with Gasteiger partial charge < -0.3 is 14.9 Å². The summed E-state index contributed by atoms with van der Waals surface area (Å²) in [6, 6.07) is 3.78. The third-order valence-corrected chi connectivity index (χ3v) is 3.32. The van der Waals surface area contributed by atoms with Crippen LogP contribution in [0, 0.1) is 6.92 Å². The van der Waals surface area contributed by atoms with Gasteiger partial charge in [-0.25, -0.2) is 0 Å². The Hall–Kier alpha value is -0.770. The highest BCUT2D eigenvalue weighted by molar-refractivity contribution is 6.31. The first kappa shape index (κ1) is 15.3. The van der Waals surface area contributed by atoms with Crippen molar-refractivity contribution < 1.29 is 14.9 Å². The predicted octanol–water partition coefficient (Wildman–Crippen LogP) is 2.72. The van der Waals surface area contributed by atoms with E-state index in [4.69, 9.17) is 16.3 Å². The van der Waals surface area contributed by atoms with E-state index in [1.807, 2.05) is 26.0 Å². The summed E-state index contributed by atoms with van der Waals surface area (Å²) in [5.41, 5.74) is 1.94. The lowest BCUT2D eigenvalue weighted by Gasteiger charge is -2.16. The quantitative estimate of drug-likeness (QED) is 0.837. The van der Waals surface area contributed by atoms with Crippen molar-refractivity contribution in [1.29, 1.82) is 0 Å². The Bertz CT molecular complexity index is 391. The van der Waals surface area contributed by atoms with Gasteiger partial charge in [-0.05, 0) is 56.9 Å². The van der Waals surface area contributed by atoms with Crippen LogP contribution in [-0.2, 0) is 6.42 Å². The van der Waals surface area contributed by atoms with E-state index >= 15 is 0 Å². The van der Waals surface area contributed by atoms with Crippen LogP contribution in [0.15, 0.2) is 12.1 Å². The maximum Gasteiger partial charge on any atom is 0.122 e. The highest BCUT2D eigenvalue weighted by atomic mass is 35.5. The van der Waals surface area contributed by atoms with Crippen molar-refractivity contribution in [2.24, 2.45) is 0 Å². The molecule has 0 amide bonds. The smallest absolute Gasteiger partial charge is 0.122 e. The van der Waals surface area contributed by atoms with Crippen LogP contribution in [0.25, 0.3) is 0 Å². The second-order valence-corrected chi connectivity index (χ2v) is 4.90. The molecule has 18 heavy (non-hydrogen) atoms. The molecule has 0 bridgehead atoms. The first-order valence-corrected chi connectivity index (χ1v) is 6.61. The summed E-state index contributed by atoms with van der Waals surface area (Å²) < 4.78 is 5.56. The molecule has 2 atom stereocenters. The second-order valence-electron chi connectivity index (χ2n) is 4.49. The average molecular weight is 273 g/mol. The minimum absolute atomic E-state index is 0.483. The minimum atomic E-state index is -0.723. The van der Waals surface area contributed by atoms with Crippen molar-refractivity contribution in [2.45, 2.75) is 45.8 Å². The predicted molar refractivity (Wildman–Crippen MR) is 73.4 cm³/mol. The largest absolute Gasteiger partial charge is 0.494 e. The van der Waals surface area contributed by atoms with E-state index in [1.54, 1.807) is 6.92 Å². The van der Waals surface area contributed by atoms with Gasteiger partial charge in [0.2, 0.25) is 0 Å². The van der Waals surface area contributed by atoms with E-state index in [-0.39, 0.29) is 0 Å². The maximum absolute atomic E-state index is 9.61. The van der Waals surface area contributed by atoms with Crippen LogP contribution in [0.3, 0.4) is 0 Å². The van der Waals surface area contributed by atoms with Crippen molar-refractivity contribution in [1.82, 2.24) is 0 Å². The summed E-state index contributed by atoms with van der Waals surface area (Å²) in [4.78, 5) is 0. The van der Waals surface area contributed by atoms with Crippen LogP contribution in [0.5, 0.6) is 5.75 Å². The molecule has 2 N–H and O–H groups in total. The van der Waals surface area contributed by atoms with Crippen LogP contribution >= 0.6 is 11.6 Å². The van der Waals surface area contributed by atoms with Gasteiger partial charge in [0.05, 0.1) is 18.8 Å². The number of ether oxygens (including phenoxy) is 1. The molecule has 1 rings (SSSR count). The zero-order valence-corrected chi connectivity index (χ0v) is 11.9. The third kappa shape index (κ3) is 4.16. The van der Waals surface area contributed by atoms with Gasteiger partial charge in [-0.1, -0.05) is 11.6 Å². The zero-order valence-electron chi connectivity index (χ0n) is 11.1. The Kier molecular flexibility index (Phi) is 5.93. The molecule has 0 radical (unpaired) electrons. The Labute approximate surface area is 113 Å². The summed E-state index contributed by atoms with van der Waals surface area (Å²) in [5, 5.41) is 19.6. The summed E-state index contributed by atoms with van der Waals surface area (Å²) >= 11 is 6.10. The van der Waals surface area contributed by atoms with E-state index in [9.17, 15) is 10.2 Å². The van der Waals surface area contributed by atoms with Gasteiger partial charge in [-0.2, -0.15) is 0 Å². The number of hydrogen-bond donors (Lipinski definition) is 2. The monoisotopic (exact) mass is 272 g/mol. The summed E-state index contributed by atoms with van der Waals surface area (Å²) in [6.45, 7) is 6.03. The molecular weight excluding hydrogens is 252 g/mol. The molecule has 0 spiro atoms. The normalized spacial score (nSPS) is 14.3. The van der Waals surface area contributed by atoms with Crippen molar-refractivity contribution in [3.8, 4) is 5.75 Å². The molecule has 1 aromatic carbocycles. The van der Waals surface area contributed by atoms with Gasteiger partial charge >= 0.3 is 0 Å². The number of benzene rings is 1. The molecule has 2 unspecified atom stereocenters. The van der Waals surface area contributed by atoms with Crippen molar-refractivity contribution in [3.05, 3.63) is 28.3 Å². The standard InChI is InChI=1S/C14H21ClO3/c1-4-18-14-7-9(2)12(15)8-11(14)5-6-13(17)10(3)16/h7-8,10,13,16-17H,4-6H2,1-3H3. The first-order chi connectivity index (χ1) is 8.45. The number of hydrogen-bond acceptors (Lipinski definition) is 3. The molecule has 0 aromatic heterocycles. The van der Waals surface area contributed by atoms with E-state index in [0.29, 0.717) is 24.5 Å². The fourth-order valence-electron chi connectivity index (χ4n) is 1.73. The molecule has 0 aliphatic carbocycles. The summed E-state index contributed by atoms with van der Waals surface area (Å²) in [7, 11) is 0. The fraction of sp³-hybridized carbons (Fsp3) is 0.571. The number of aryl methyl sites for hydroxylation is 2. The molecule has 4 heteroatoms. The molecule has 102 valence electrons. The molecule has 1 aromatic rings. The van der Waals surface area contributed by atoms with Gasteiger partial charge in [0, 0.05) is 5.02 Å². The second kappa shape index (κ2) is 6.98. The van der Waals surface area contributed by atoms with E-state index < -0.39 is 12.2 Å². The highest BCUT2D eigenvalue weighted by Crippen LogP contribution is 2.28. The average Bonchev–Trinajstić information content (AvgIpc) is 2.31. The lowest BCUT2D eigenvalue weighted by atomic mass is 10.0. The van der Waals surface area contributed by atoms with Crippen LogP contribution in [-0.4, -0.2) is 29.0 Å². The van der Waals surface area contributed by atoms with Gasteiger partial charge in [-0.15, -0.1) is 0 Å². The molecule has 0 heterocycles. The van der Waals surface area contributed by atoms with Crippen molar-refractivity contribution in [3.63, 3.8) is 0 Å². The topological polar surface area (TPSA) is 49.7 Å². The number of aliphatic hydroxyl groups excluding tert-OH is 2. The van der Waals surface area contributed by atoms with Gasteiger partial charge in [0.15, 0.2) is 0 Å². The molecular formula is C14H21ClO3. The molecule has 0 saturated heterocycles. The lowest BCUT2D eigenvalue weighted by molar-refractivity contribution is 0.0264. The molecule has 0 aliphatic heterocycles. The molecule has 3 nitrogen and oxygen atoms in total. The fourth-order valence-corrected chi connectivity index (χ4v) is 1.91. The van der Waals surface area contributed by atoms with E-state index in [0.717, 1.165) is 16.9 Å². The zero-order chi connectivity index (χ0) is 13.7. The molecule has 0 fully saturated rings. The SMILES string of the molecule is CCOc1cc(C)c(Cl)cc1CCC(O)C(C)O. The number of rotatable bonds is 6. The highest BCUT2D eigenvalue weighted by Gasteiger charge is 2.13. The van der Waals surface area contributed by atoms with Crippen LogP contribution in [0.4, 0.5) is 0 Å². The van der Waals surface area contributed by atoms with Gasteiger partial charge in [0.1, 0.15) is 5.75 Å². The van der Waals surface area contributed by atoms with Crippen LogP contribution in [0.2, 0.25) is 5.02 Å². The van der Waals surface area contributed by atoms with Gasteiger partial charge in [0.25, 0.3) is 0 Å². The van der Waals surface area contributed by atoms with Crippen LogP contribution < -0.4 is 4.74 Å². The van der Waals surface area contributed by atoms with E-state index in [1.165, 1.54) is 0 Å². The maximum atomic E-state index is 9.61.